The van der Waals surface area contributed by atoms with E-state index in [9.17, 15) is 9.59 Å². The van der Waals surface area contributed by atoms with E-state index < -0.39 is 0 Å². The number of nitrogens with one attached hydrogen (secondary N) is 1. The van der Waals surface area contributed by atoms with Gasteiger partial charge in [0, 0.05) is 48.1 Å². The third kappa shape index (κ3) is 5.39. The molecular formula is C29H33N3O2. The van der Waals surface area contributed by atoms with E-state index in [1.165, 1.54) is 35.0 Å². The van der Waals surface area contributed by atoms with Gasteiger partial charge in [-0.05, 0) is 79.5 Å². The number of aromatic nitrogens is 1. The van der Waals surface area contributed by atoms with Gasteiger partial charge in [0.2, 0.25) is 5.91 Å². The zero-order chi connectivity index (χ0) is 24.1. The summed E-state index contributed by atoms with van der Waals surface area (Å²) in [5, 5.41) is 13.2. The molecule has 3 aromatic rings. The molecule has 0 saturated heterocycles. The molecule has 1 aliphatic carbocycles. The van der Waals surface area contributed by atoms with Gasteiger partial charge >= 0.3 is 0 Å². The minimum Gasteiger partial charge on any atom is -0.344 e. The number of aryl methyl sites for hydroxylation is 2. The molecule has 0 fully saturated rings. The summed E-state index contributed by atoms with van der Waals surface area (Å²) in [6, 6.07) is 15.4. The van der Waals surface area contributed by atoms with Gasteiger partial charge in [0.15, 0.2) is 0 Å². The van der Waals surface area contributed by atoms with Gasteiger partial charge in [-0.2, -0.15) is 5.26 Å². The summed E-state index contributed by atoms with van der Waals surface area (Å²) in [7, 11) is 0. The average molecular weight is 456 g/mol. The van der Waals surface area contributed by atoms with Crippen LogP contribution in [-0.4, -0.2) is 16.3 Å². The van der Waals surface area contributed by atoms with Crippen LogP contribution in [-0.2, 0) is 35.4 Å². The van der Waals surface area contributed by atoms with Crippen LogP contribution in [0.3, 0.4) is 0 Å². The second-order valence-corrected chi connectivity index (χ2v) is 9.60. The number of rotatable bonds is 9. The van der Waals surface area contributed by atoms with Crippen LogP contribution in [0.2, 0.25) is 0 Å². The van der Waals surface area contributed by atoms with Crippen molar-refractivity contribution in [3.8, 4) is 6.07 Å². The zero-order valence-corrected chi connectivity index (χ0v) is 20.2. The van der Waals surface area contributed by atoms with Gasteiger partial charge in [0.25, 0.3) is 0 Å². The smallest absolute Gasteiger partial charge is 0.224 e. The van der Waals surface area contributed by atoms with Crippen LogP contribution in [0.1, 0.15) is 68.3 Å². The fourth-order valence-corrected chi connectivity index (χ4v) is 5.18. The van der Waals surface area contributed by atoms with E-state index >= 15 is 0 Å². The first-order valence-electron chi connectivity index (χ1n) is 12.4. The van der Waals surface area contributed by atoms with Crippen LogP contribution < -0.4 is 5.32 Å². The highest BCUT2D eigenvalue weighted by molar-refractivity contribution is 5.95. The monoisotopic (exact) mass is 455 g/mol. The van der Waals surface area contributed by atoms with Crippen LogP contribution in [0.25, 0.3) is 10.9 Å². The number of fused-ring (bicyclic) bond motifs is 3. The number of carbonyl (C=O) groups is 2. The Kier molecular flexibility index (Phi) is 7.47. The average Bonchev–Trinajstić information content (AvgIpc) is 3.12. The van der Waals surface area contributed by atoms with Crippen molar-refractivity contribution in [3.05, 3.63) is 64.8 Å². The number of nitriles is 1. The molecule has 1 aliphatic rings. The van der Waals surface area contributed by atoms with Gasteiger partial charge in [0.05, 0.1) is 11.6 Å². The highest BCUT2D eigenvalue weighted by atomic mass is 16.1. The van der Waals surface area contributed by atoms with Gasteiger partial charge in [-0.25, -0.2) is 0 Å². The number of nitrogens with zero attached hydrogens (tertiary/aromatic N) is 2. The highest BCUT2D eigenvalue weighted by Gasteiger charge is 2.20. The molecule has 0 aliphatic heterocycles. The van der Waals surface area contributed by atoms with Crippen LogP contribution >= 0.6 is 0 Å². The number of benzene rings is 2. The number of hydrogen-bond donors (Lipinski definition) is 1. The second kappa shape index (κ2) is 10.7. The quantitative estimate of drug-likeness (QED) is 0.432. The molecule has 0 spiro atoms. The van der Waals surface area contributed by atoms with Crippen LogP contribution in [0, 0.1) is 17.2 Å². The minimum atomic E-state index is -0.0557. The van der Waals surface area contributed by atoms with Gasteiger partial charge in [-0.3, -0.25) is 9.59 Å². The predicted octanol–water partition coefficient (Wildman–Crippen LogP) is 5.97. The molecule has 5 nitrogen and oxygen atoms in total. The number of ketones is 1. The van der Waals surface area contributed by atoms with Gasteiger partial charge < -0.3 is 9.88 Å². The first-order chi connectivity index (χ1) is 16.5. The van der Waals surface area contributed by atoms with Crippen LogP contribution in [0.15, 0.2) is 42.5 Å². The Labute approximate surface area is 201 Å². The molecule has 1 N–H and O–H groups in total. The molecule has 1 atom stereocenters. The summed E-state index contributed by atoms with van der Waals surface area (Å²) >= 11 is 0. The highest BCUT2D eigenvalue weighted by Crippen LogP contribution is 2.34. The number of anilines is 1. The van der Waals surface area contributed by atoms with Crippen molar-refractivity contribution in [2.75, 3.05) is 5.32 Å². The summed E-state index contributed by atoms with van der Waals surface area (Å²) in [5.41, 5.74) is 6.51. The Balaban J connectivity index is 1.37. The normalized spacial score (nSPS) is 13.8. The SMILES string of the molecule is CCCn1c2c(c3cc(NC(=O)CC(C)CC(=O)Cc4ccc(C#N)cc4)ccc31)CCCC2. The third-order valence-corrected chi connectivity index (χ3v) is 6.70. The van der Waals surface area contributed by atoms with Crippen molar-refractivity contribution in [2.45, 2.75) is 71.8 Å². The predicted molar refractivity (Wildman–Crippen MR) is 136 cm³/mol. The molecule has 0 saturated carbocycles. The van der Waals surface area contributed by atoms with Crippen LogP contribution in [0.5, 0.6) is 0 Å². The molecule has 1 aromatic heterocycles. The summed E-state index contributed by atoms with van der Waals surface area (Å²) in [4.78, 5) is 25.2. The maximum Gasteiger partial charge on any atom is 0.224 e. The number of hydrogen-bond acceptors (Lipinski definition) is 3. The largest absolute Gasteiger partial charge is 0.344 e. The Hall–Kier alpha value is -3.39. The molecule has 176 valence electrons. The number of amides is 1. The lowest BCUT2D eigenvalue weighted by Gasteiger charge is -2.15. The maximum atomic E-state index is 12.7. The van der Waals surface area contributed by atoms with Gasteiger partial charge in [-0.15, -0.1) is 0 Å². The lowest BCUT2D eigenvalue weighted by atomic mass is 9.95. The Bertz CT molecular complexity index is 1230. The molecule has 5 heteroatoms. The molecule has 4 rings (SSSR count). The lowest BCUT2D eigenvalue weighted by molar-refractivity contribution is -0.120. The first kappa shape index (κ1) is 23.8. The topological polar surface area (TPSA) is 74.9 Å². The lowest BCUT2D eigenvalue weighted by Crippen LogP contribution is -2.17. The number of Topliss-reactive ketones (excluding diaryl/α,β-unsaturated/α-hetero) is 1. The van der Waals surface area contributed by atoms with Gasteiger partial charge in [-0.1, -0.05) is 26.0 Å². The van der Waals surface area contributed by atoms with Crippen molar-refractivity contribution in [1.82, 2.24) is 4.57 Å². The summed E-state index contributed by atoms with van der Waals surface area (Å²) in [6.07, 6.45) is 6.83. The van der Waals surface area contributed by atoms with E-state index in [1.54, 1.807) is 12.1 Å². The molecule has 34 heavy (non-hydrogen) atoms. The van der Waals surface area contributed by atoms with Gasteiger partial charge in [0.1, 0.15) is 5.78 Å². The van der Waals surface area contributed by atoms with E-state index in [0.717, 1.165) is 37.1 Å². The second-order valence-electron chi connectivity index (χ2n) is 9.60. The van der Waals surface area contributed by atoms with Crippen molar-refractivity contribution in [3.63, 3.8) is 0 Å². The summed E-state index contributed by atoms with van der Waals surface area (Å²) in [6.45, 7) is 5.19. The van der Waals surface area contributed by atoms with Crippen molar-refractivity contribution in [1.29, 1.82) is 5.26 Å². The fourth-order valence-electron chi connectivity index (χ4n) is 5.18. The standard InChI is InChI=1S/C29H33N3O2/c1-3-14-32-27-7-5-4-6-25(27)26-18-23(12-13-28(26)32)31-29(34)16-20(2)15-24(33)17-21-8-10-22(19-30)11-9-21/h8-13,18,20H,3-7,14-17H2,1-2H3,(H,31,34). The maximum absolute atomic E-state index is 12.7. The molecule has 1 unspecified atom stereocenters. The molecule has 1 heterocycles. The summed E-state index contributed by atoms with van der Waals surface area (Å²) in [5.74, 6) is 0.0169. The van der Waals surface area contributed by atoms with E-state index in [4.69, 9.17) is 5.26 Å². The van der Waals surface area contributed by atoms with Crippen molar-refractivity contribution < 1.29 is 9.59 Å². The van der Waals surface area contributed by atoms with Crippen molar-refractivity contribution >= 4 is 28.3 Å². The molecule has 2 aromatic carbocycles. The summed E-state index contributed by atoms with van der Waals surface area (Å²) < 4.78 is 2.47. The zero-order valence-electron chi connectivity index (χ0n) is 20.2. The van der Waals surface area contributed by atoms with Crippen LogP contribution in [0.4, 0.5) is 5.69 Å². The minimum absolute atomic E-state index is 0.0342. The Morgan fingerprint density at radius 3 is 2.59 bits per heavy atom. The van der Waals surface area contributed by atoms with E-state index in [2.05, 4.69) is 35.0 Å². The Morgan fingerprint density at radius 2 is 1.85 bits per heavy atom. The molecule has 0 radical (unpaired) electrons. The molecular weight excluding hydrogens is 422 g/mol. The Morgan fingerprint density at radius 1 is 1.09 bits per heavy atom. The first-order valence-corrected chi connectivity index (χ1v) is 12.4. The molecule has 0 bridgehead atoms. The number of carbonyl (C=O) groups excluding carboxylic acids is 2. The molecule has 1 amide bonds. The van der Waals surface area contributed by atoms with E-state index in [0.29, 0.717) is 24.8 Å². The van der Waals surface area contributed by atoms with E-state index in [1.807, 2.05) is 25.1 Å². The third-order valence-electron chi connectivity index (χ3n) is 6.70. The van der Waals surface area contributed by atoms with Crippen molar-refractivity contribution in [2.24, 2.45) is 5.92 Å². The van der Waals surface area contributed by atoms with E-state index in [-0.39, 0.29) is 17.6 Å². The fraction of sp³-hybridized carbons (Fsp3) is 0.414.